The van der Waals surface area contributed by atoms with Gasteiger partial charge in [-0.25, -0.2) is 26.9 Å². The zero-order valence-electron chi connectivity index (χ0n) is 12.4. The second-order valence-electron chi connectivity index (χ2n) is 5.54. The number of rotatable bonds is 4. The molecule has 1 aromatic carbocycles. The summed E-state index contributed by atoms with van der Waals surface area (Å²) in [5.74, 6) is -1.82. The second kappa shape index (κ2) is 6.26. The van der Waals surface area contributed by atoms with E-state index in [4.69, 9.17) is 23.2 Å². The van der Waals surface area contributed by atoms with Gasteiger partial charge in [0.1, 0.15) is 28.9 Å². The molecule has 0 radical (unpaired) electrons. The first-order valence-electron chi connectivity index (χ1n) is 6.99. The zero-order chi connectivity index (χ0) is 18.5. The quantitative estimate of drug-likeness (QED) is 0.605. The van der Waals surface area contributed by atoms with Crippen LogP contribution in [0.4, 0.5) is 25.0 Å². The largest absolute Gasteiger partial charge is 0.332 e. The molecule has 2 saturated heterocycles. The van der Waals surface area contributed by atoms with E-state index in [0.717, 1.165) is 17.0 Å². The Balaban J connectivity index is 2.03. The molecule has 2 fully saturated rings. The molecule has 1 aromatic rings. The topological polar surface area (TPSA) is 86.8 Å². The van der Waals surface area contributed by atoms with E-state index < -0.39 is 55.9 Å². The van der Waals surface area contributed by atoms with Gasteiger partial charge >= 0.3 is 6.03 Å². The minimum atomic E-state index is -3.94. The summed E-state index contributed by atoms with van der Waals surface area (Å²) in [6.45, 7) is -0.274. The van der Waals surface area contributed by atoms with Crippen LogP contribution in [0.2, 0.25) is 5.02 Å². The number of nitrogens with zero attached hydrogens (tertiary/aromatic N) is 2. The summed E-state index contributed by atoms with van der Waals surface area (Å²) in [6.07, 6.45) is -1.51. The van der Waals surface area contributed by atoms with E-state index in [2.05, 4.69) is 0 Å². The van der Waals surface area contributed by atoms with Crippen molar-refractivity contribution in [2.24, 2.45) is 0 Å². The highest BCUT2D eigenvalue weighted by Gasteiger charge is 2.52. The standard InChI is InChI=1S/C13H11Cl2F2N3O4S/c14-5-25(23,24)18-8-2-1-7(17)11(10(8)15)20-12(21)9-3-6(16)4-19(9)13(20)22/h1-2,6,9,18H,3-5H2. The molecule has 2 heterocycles. The van der Waals surface area contributed by atoms with E-state index >= 15 is 0 Å². The number of hydrogen-bond donors (Lipinski definition) is 1. The van der Waals surface area contributed by atoms with Crippen molar-refractivity contribution in [1.82, 2.24) is 4.90 Å². The van der Waals surface area contributed by atoms with Gasteiger partial charge < -0.3 is 4.90 Å². The number of urea groups is 1. The maximum Gasteiger partial charge on any atom is 0.332 e. The Hall–Kier alpha value is -1.65. The van der Waals surface area contributed by atoms with Gasteiger partial charge in [-0.3, -0.25) is 9.52 Å². The highest BCUT2D eigenvalue weighted by Crippen LogP contribution is 2.40. The van der Waals surface area contributed by atoms with Crippen LogP contribution in [0.1, 0.15) is 6.42 Å². The average molecular weight is 414 g/mol. The van der Waals surface area contributed by atoms with Gasteiger partial charge in [-0.05, 0) is 12.1 Å². The molecule has 12 heteroatoms. The molecule has 2 unspecified atom stereocenters. The predicted octanol–water partition coefficient (Wildman–Crippen LogP) is 2.30. The molecule has 2 aliphatic heterocycles. The highest BCUT2D eigenvalue weighted by molar-refractivity contribution is 7.93. The predicted molar refractivity (Wildman–Crippen MR) is 87.6 cm³/mol. The molecular weight excluding hydrogens is 403 g/mol. The summed E-state index contributed by atoms with van der Waals surface area (Å²) < 4.78 is 52.9. The van der Waals surface area contributed by atoms with Crippen molar-refractivity contribution < 1.29 is 26.8 Å². The number of benzene rings is 1. The fourth-order valence-electron chi connectivity index (χ4n) is 2.83. The molecule has 25 heavy (non-hydrogen) atoms. The molecular formula is C13H11Cl2F2N3O4S. The van der Waals surface area contributed by atoms with Crippen molar-refractivity contribution >= 4 is 56.5 Å². The van der Waals surface area contributed by atoms with Crippen LogP contribution < -0.4 is 9.62 Å². The number of sulfonamides is 1. The first kappa shape index (κ1) is 18.2. The smallest absolute Gasteiger partial charge is 0.309 e. The number of amides is 3. The molecule has 1 N–H and O–H groups in total. The summed E-state index contributed by atoms with van der Waals surface area (Å²) in [5.41, 5.74) is -0.828. The molecule has 2 aliphatic rings. The molecule has 7 nitrogen and oxygen atoms in total. The van der Waals surface area contributed by atoms with E-state index in [1.54, 1.807) is 0 Å². The lowest BCUT2D eigenvalue weighted by Crippen LogP contribution is -2.35. The second-order valence-corrected chi connectivity index (χ2v) is 8.23. The van der Waals surface area contributed by atoms with Gasteiger partial charge in [0, 0.05) is 6.42 Å². The van der Waals surface area contributed by atoms with Crippen LogP contribution in [-0.4, -0.2) is 49.2 Å². The van der Waals surface area contributed by atoms with E-state index in [0.29, 0.717) is 4.90 Å². The van der Waals surface area contributed by atoms with E-state index in [1.165, 1.54) is 0 Å². The minimum Gasteiger partial charge on any atom is -0.309 e. The summed E-state index contributed by atoms with van der Waals surface area (Å²) in [6, 6.07) is -0.0426. The number of alkyl halides is 2. The number of nitrogens with one attached hydrogen (secondary N) is 1. The first-order chi connectivity index (χ1) is 11.7. The Morgan fingerprint density at radius 1 is 1.32 bits per heavy atom. The average Bonchev–Trinajstić information content (AvgIpc) is 3.03. The molecule has 0 aliphatic carbocycles. The molecule has 0 aromatic heterocycles. The number of halogens is 4. The van der Waals surface area contributed by atoms with Gasteiger partial charge in [0.2, 0.25) is 10.0 Å². The molecule has 0 saturated carbocycles. The number of carbonyl (C=O) groups is 2. The van der Waals surface area contributed by atoms with Gasteiger partial charge in [0.15, 0.2) is 0 Å². The molecule has 3 amide bonds. The Bertz CT molecular complexity index is 843. The Morgan fingerprint density at radius 3 is 2.60 bits per heavy atom. The lowest BCUT2D eigenvalue weighted by Gasteiger charge is -2.19. The molecule has 2 atom stereocenters. The van der Waals surface area contributed by atoms with Crippen molar-refractivity contribution in [2.75, 3.05) is 21.4 Å². The van der Waals surface area contributed by atoms with Crippen LogP contribution >= 0.6 is 23.2 Å². The fourth-order valence-corrected chi connectivity index (χ4v) is 3.89. The number of fused-ring (bicyclic) bond motifs is 1. The first-order valence-corrected chi connectivity index (χ1v) is 9.56. The van der Waals surface area contributed by atoms with Crippen LogP contribution in [0.3, 0.4) is 0 Å². The zero-order valence-corrected chi connectivity index (χ0v) is 14.7. The van der Waals surface area contributed by atoms with Crippen molar-refractivity contribution in [3.05, 3.63) is 23.0 Å². The van der Waals surface area contributed by atoms with Crippen LogP contribution in [0, 0.1) is 5.82 Å². The lowest BCUT2D eigenvalue weighted by atomic mass is 10.2. The molecule has 136 valence electrons. The fraction of sp³-hybridized carbons (Fsp3) is 0.385. The van der Waals surface area contributed by atoms with Crippen LogP contribution in [-0.2, 0) is 14.8 Å². The third-order valence-electron chi connectivity index (χ3n) is 3.89. The number of imide groups is 1. The summed E-state index contributed by atoms with van der Waals surface area (Å²) in [4.78, 5) is 26.3. The minimum absolute atomic E-state index is 0.182. The Kier molecular flexibility index (Phi) is 4.54. The Morgan fingerprint density at radius 2 is 2.00 bits per heavy atom. The SMILES string of the molecule is O=C1C2CC(F)CN2C(=O)N1c1c(F)ccc(NS(=O)(=O)CCl)c1Cl. The maximum atomic E-state index is 14.3. The van der Waals surface area contributed by atoms with Gasteiger partial charge in [-0.1, -0.05) is 11.6 Å². The van der Waals surface area contributed by atoms with Gasteiger partial charge in [0.25, 0.3) is 5.91 Å². The van der Waals surface area contributed by atoms with E-state index in [1.807, 2.05) is 4.72 Å². The van der Waals surface area contributed by atoms with Gasteiger partial charge in [-0.15, -0.1) is 11.6 Å². The van der Waals surface area contributed by atoms with Crippen LogP contribution in [0.25, 0.3) is 0 Å². The highest BCUT2D eigenvalue weighted by atomic mass is 35.5. The molecule has 0 spiro atoms. The van der Waals surface area contributed by atoms with Crippen molar-refractivity contribution in [2.45, 2.75) is 18.6 Å². The van der Waals surface area contributed by atoms with Crippen molar-refractivity contribution in [3.63, 3.8) is 0 Å². The summed E-state index contributed by atoms with van der Waals surface area (Å²) >= 11 is 11.3. The normalized spacial score (nSPS) is 23.4. The Labute approximate surface area is 151 Å². The van der Waals surface area contributed by atoms with Gasteiger partial charge in [-0.2, -0.15) is 0 Å². The summed E-state index contributed by atoms with van der Waals surface area (Å²) in [5, 5.41) is -1.25. The number of carbonyl (C=O) groups excluding carboxylic acids is 2. The van der Waals surface area contributed by atoms with E-state index in [9.17, 15) is 26.8 Å². The van der Waals surface area contributed by atoms with Crippen LogP contribution in [0.5, 0.6) is 0 Å². The number of hydrogen-bond acceptors (Lipinski definition) is 4. The van der Waals surface area contributed by atoms with Crippen molar-refractivity contribution in [1.29, 1.82) is 0 Å². The third-order valence-corrected chi connectivity index (χ3v) is 5.95. The molecule has 3 rings (SSSR count). The lowest BCUT2D eigenvalue weighted by molar-refractivity contribution is -0.119. The van der Waals surface area contributed by atoms with Gasteiger partial charge in [0.05, 0.1) is 17.3 Å². The third kappa shape index (κ3) is 3.02. The van der Waals surface area contributed by atoms with Crippen molar-refractivity contribution in [3.8, 4) is 0 Å². The summed E-state index contributed by atoms with van der Waals surface area (Å²) in [7, 11) is -3.94. The maximum absolute atomic E-state index is 14.3. The molecule has 0 bridgehead atoms. The van der Waals surface area contributed by atoms with E-state index in [-0.39, 0.29) is 18.7 Å². The monoisotopic (exact) mass is 413 g/mol. The number of anilines is 2. The van der Waals surface area contributed by atoms with Crippen LogP contribution in [0.15, 0.2) is 12.1 Å².